The highest BCUT2D eigenvalue weighted by Crippen LogP contribution is 2.41. The minimum Gasteiger partial charge on any atom is -0.454 e. The van der Waals surface area contributed by atoms with Crippen LogP contribution in [-0.2, 0) is 6.54 Å². The van der Waals surface area contributed by atoms with E-state index in [1.807, 2.05) is 6.07 Å². The largest absolute Gasteiger partial charge is 0.454 e. The Bertz CT molecular complexity index is 905. The van der Waals surface area contributed by atoms with Gasteiger partial charge in [-0.3, -0.25) is 4.90 Å². The van der Waals surface area contributed by atoms with Crippen molar-refractivity contribution >= 4 is 22.6 Å². The van der Waals surface area contributed by atoms with Gasteiger partial charge in [0.25, 0.3) is 0 Å². The zero-order chi connectivity index (χ0) is 18.8. The fraction of sp³-hybridized carbons (Fsp3) is 0.409. The first-order chi connectivity index (χ1) is 13.9. The Kier molecular flexibility index (Phi) is 5.06. The Morgan fingerprint density at radius 1 is 1.11 bits per heavy atom. The van der Waals surface area contributed by atoms with Crippen molar-refractivity contribution in [3.8, 4) is 11.5 Å². The molecular formula is C22H25N3O2S. The van der Waals surface area contributed by atoms with Crippen molar-refractivity contribution < 1.29 is 9.47 Å². The third-order valence-corrected chi connectivity index (χ3v) is 6.50. The highest BCUT2D eigenvalue weighted by atomic mass is 32.1. The summed E-state index contributed by atoms with van der Waals surface area (Å²) in [5.41, 5.74) is 3.73. The van der Waals surface area contributed by atoms with Gasteiger partial charge in [0.1, 0.15) is 5.01 Å². The second-order valence-corrected chi connectivity index (χ2v) is 8.29. The van der Waals surface area contributed by atoms with Gasteiger partial charge in [-0.2, -0.15) is 0 Å². The maximum absolute atomic E-state index is 5.71. The van der Waals surface area contributed by atoms with Crippen LogP contribution < -0.4 is 14.4 Å². The minimum absolute atomic E-state index is 0.324. The number of hydrogen-bond acceptors (Lipinski definition) is 6. The van der Waals surface area contributed by atoms with E-state index in [9.17, 15) is 0 Å². The van der Waals surface area contributed by atoms with Crippen LogP contribution in [0.3, 0.4) is 0 Å². The molecule has 1 saturated heterocycles. The van der Waals surface area contributed by atoms with E-state index >= 15 is 0 Å². The summed E-state index contributed by atoms with van der Waals surface area (Å²) in [5.74, 6) is 1.76. The van der Waals surface area contributed by atoms with Crippen LogP contribution in [0.25, 0.3) is 5.57 Å². The molecule has 1 aliphatic carbocycles. The quantitative estimate of drug-likeness (QED) is 0.771. The van der Waals surface area contributed by atoms with Gasteiger partial charge in [0, 0.05) is 38.1 Å². The Morgan fingerprint density at radius 3 is 3.04 bits per heavy atom. The summed E-state index contributed by atoms with van der Waals surface area (Å²) in [5, 5.41) is 3.42. The molecule has 1 aromatic heterocycles. The Balaban J connectivity index is 1.23. The zero-order valence-corrected chi connectivity index (χ0v) is 16.8. The minimum atomic E-state index is 0.324. The van der Waals surface area contributed by atoms with Crippen LogP contribution in [0.15, 0.2) is 41.8 Å². The standard InChI is InChI=1S/C22H25N3O2S/c1-2-6-17(7-3-1)22-23-18(15-28-22)14-24-10-5-11-25(13-12-24)19-8-4-9-20-21(19)27-16-26-20/h1-2,4,6,8-9,15H,3,5,7,10-14,16H2. The van der Waals surface area contributed by atoms with Gasteiger partial charge < -0.3 is 14.4 Å². The van der Waals surface area contributed by atoms with Gasteiger partial charge in [0.05, 0.1) is 11.4 Å². The molecule has 6 heteroatoms. The van der Waals surface area contributed by atoms with Gasteiger partial charge in [0.15, 0.2) is 11.5 Å². The van der Waals surface area contributed by atoms with Gasteiger partial charge in [0.2, 0.25) is 6.79 Å². The molecule has 2 aliphatic heterocycles. The zero-order valence-electron chi connectivity index (χ0n) is 16.0. The summed E-state index contributed by atoms with van der Waals surface area (Å²) in [6.45, 7) is 5.42. The smallest absolute Gasteiger partial charge is 0.231 e. The van der Waals surface area contributed by atoms with Crippen molar-refractivity contribution in [2.45, 2.75) is 25.8 Å². The third kappa shape index (κ3) is 3.66. The number of thiazole rings is 1. The first-order valence-electron chi connectivity index (χ1n) is 10.0. The number of ether oxygens (including phenoxy) is 2. The summed E-state index contributed by atoms with van der Waals surface area (Å²) in [6, 6.07) is 6.17. The number of benzene rings is 1. The third-order valence-electron chi connectivity index (χ3n) is 5.53. The van der Waals surface area contributed by atoms with Crippen LogP contribution >= 0.6 is 11.3 Å². The molecule has 0 saturated carbocycles. The van der Waals surface area contributed by atoms with E-state index in [4.69, 9.17) is 14.5 Å². The Morgan fingerprint density at radius 2 is 2.11 bits per heavy atom. The molecule has 5 rings (SSSR count). The number of rotatable bonds is 4. The number of fused-ring (bicyclic) bond motifs is 1. The summed E-state index contributed by atoms with van der Waals surface area (Å²) in [6.07, 6.45) is 9.95. The molecule has 0 radical (unpaired) electrons. The van der Waals surface area contributed by atoms with E-state index in [-0.39, 0.29) is 0 Å². The number of aromatic nitrogens is 1. The molecule has 1 aromatic carbocycles. The molecule has 1 fully saturated rings. The van der Waals surface area contributed by atoms with E-state index < -0.39 is 0 Å². The molecule has 0 unspecified atom stereocenters. The van der Waals surface area contributed by atoms with Gasteiger partial charge in [-0.15, -0.1) is 11.3 Å². The lowest BCUT2D eigenvalue weighted by Crippen LogP contribution is -2.30. The Labute approximate surface area is 169 Å². The second kappa shape index (κ2) is 7.97. The van der Waals surface area contributed by atoms with Crippen molar-refractivity contribution in [2.75, 3.05) is 37.9 Å². The molecule has 3 heterocycles. The number of para-hydroxylation sites is 1. The monoisotopic (exact) mass is 395 g/mol. The summed E-state index contributed by atoms with van der Waals surface area (Å²) >= 11 is 1.78. The van der Waals surface area contributed by atoms with Gasteiger partial charge >= 0.3 is 0 Å². The predicted molar refractivity (Wildman–Crippen MR) is 113 cm³/mol. The fourth-order valence-corrected chi connectivity index (χ4v) is 4.94. The first-order valence-corrected chi connectivity index (χ1v) is 10.9. The molecular weight excluding hydrogens is 370 g/mol. The molecule has 3 aliphatic rings. The number of allylic oxidation sites excluding steroid dienone is 4. The highest BCUT2D eigenvalue weighted by Gasteiger charge is 2.23. The fourth-order valence-electron chi connectivity index (χ4n) is 4.07. The van der Waals surface area contributed by atoms with Crippen LogP contribution in [0.5, 0.6) is 11.5 Å². The summed E-state index contributed by atoms with van der Waals surface area (Å²) in [7, 11) is 0. The van der Waals surface area contributed by atoms with Crippen molar-refractivity contribution in [2.24, 2.45) is 0 Å². The van der Waals surface area contributed by atoms with Gasteiger partial charge in [-0.1, -0.05) is 24.3 Å². The number of nitrogens with zero attached hydrogens (tertiary/aromatic N) is 3. The van der Waals surface area contributed by atoms with E-state index in [2.05, 4.69) is 45.5 Å². The molecule has 0 amide bonds. The highest BCUT2D eigenvalue weighted by molar-refractivity contribution is 7.10. The number of hydrogen-bond donors (Lipinski definition) is 0. The second-order valence-electron chi connectivity index (χ2n) is 7.43. The van der Waals surface area contributed by atoms with E-state index in [1.54, 1.807) is 11.3 Å². The van der Waals surface area contributed by atoms with Crippen LogP contribution in [-0.4, -0.2) is 42.9 Å². The van der Waals surface area contributed by atoms with E-state index in [1.165, 1.54) is 16.3 Å². The SMILES string of the molecule is C1=CCCC(c2nc(CN3CCCN(c4cccc5c4OCO5)CC3)cs2)=C1. The van der Waals surface area contributed by atoms with Crippen LogP contribution in [0.4, 0.5) is 5.69 Å². The van der Waals surface area contributed by atoms with Crippen molar-refractivity contribution in [1.82, 2.24) is 9.88 Å². The topological polar surface area (TPSA) is 37.8 Å². The van der Waals surface area contributed by atoms with Crippen molar-refractivity contribution in [1.29, 1.82) is 0 Å². The maximum Gasteiger partial charge on any atom is 0.231 e. The molecule has 0 atom stereocenters. The molecule has 0 bridgehead atoms. The molecule has 0 spiro atoms. The Hall–Kier alpha value is -2.31. The van der Waals surface area contributed by atoms with E-state index in [0.29, 0.717) is 6.79 Å². The predicted octanol–water partition coefficient (Wildman–Crippen LogP) is 4.32. The van der Waals surface area contributed by atoms with Gasteiger partial charge in [-0.05, 0) is 37.0 Å². The lowest BCUT2D eigenvalue weighted by molar-refractivity contribution is 0.174. The molecule has 146 valence electrons. The van der Waals surface area contributed by atoms with Crippen molar-refractivity contribution in [3.05, 3.63) is 52.5 Å². The molecule has 28 heavy (non-hydrogen) atoms. The average molecular weight is 396 g/mol. The summed E-state index contributed by atoms with van der Waals surface area (Å²) in [4.78, 5) is 9.86. The lowest BCUT2D eigenvalue weighted by Gasteiger charge is -2.24. The molecule has 0 N–H and O–H groups in total. The average Bonchev–Trinajstić information content (AvgIpc) is 3.34. The van der Waals surface area contributed by atoms with Crippen molar-refractivity contribution in [3.63, 3.8) is 0 Å². The maximum atomic E-state index is 5.71. The lowest BCUT2D eigenvalue weighted by atomic mass is 10.1. The van der Waals surface area contributed by atoms with Crippen LogP contribution in [0.1, 0.15) is 30.0 Å². The van der Waals surface area contributed by atoms with Crippen LogP contribution in [0.2, 0.25) is 0 Å². The van der Waals surface area contributed by atoms with Gasteiger partial charge in [-0.25, -0.2) is 4.98 Å². The first kappa shape index (κ1) is 17.8. The normalized spacial score (nSPS) is 19.6. The van der Waals surface area contributed by atoms with Crippen LogP contribution in [0, 0.1) is 0 Å². The number of anilines is 1. The summed E-state index contributed by atoms with van der Waals surface area (Å²) < 4.78 is 11.2. The molecule has 2 aromatic rings. The molecule has 5 nitrogen and oxygen atoms in total. The van der Waals surface area contributed by atoms with E-state index in [0.717, 1.165) is 69.2 Å².